The number of hydrogen-bond acceptors (Lipinski definition) is 6. The number of ether oxygens (including phenoxy) is 1. The molecule has 2 aromatic carbocycles. The minimum Gasteiger partial charge on any atom is -0.493 e. The number of benzene rings is 2. The molecule has 1 aromatic heterocycles. The van der Waals surface area contributed by atoms with Crippen LogP contribution in [0.1, 0.15) is 53.9 Å². The predicted molar refractivity (Wildman–Crippen MR) is 124 cm³/mol. The van der Waals surface area contributed by atoms with Crippen molar-refractivity contribution in [3.8, 4) is 5.75 Å². The maximum absolute atomic E-state index is 13.2. The Balaban J connectivity index is 1.44. The van der Waals surface area contributed by atoms with Gasteiger partial charge in [-0.05, 0) is 49.6 Å². The van der Waals surface area contributed by atoms with Crippen LogP contribution in [0.5, 0.6) is 5.75 Å². The van der Waals surface area contributed by atoms with Crippen molar-refractivity contribution in [2.24, 2.45) is 0 Å². The predicted octanol–water partition coefficient (Wildman–Crippen LogP) is 4.73. The monoisotopic (exact) mass is 519 g/mol. The summed E-state index contributed by atoms with van der Waals surface area (Å²) in [7, 11) is 0. The molecule has 1 fully saturated rings. The van der Waals surface area contributed by atoms with Gasteiger partial charge >= 0.3 is 18.2 Å². The van der Waals surface area contributed by atoms with E-state index >= 15 is 0 Å². The lowest BCUT2D eigenvalue weighted by Crippen LogP contribution is -2.41. The number of nitrogens with one attached hydrogen (secondary N) is 1. The number of aromatic nitrogens is 1. The molecule has 3 amide bonds. The highest BCUT2D eigenvalue weighted by Gasteiger charge is 2.48. The van der Waals surface area contributed by atoms with Crippen molar-refractivity contribution in [3.63, 3.8) is 0 Å². The number of amides is 3. The molecule has 0 bridgehead atoms. The Bertz CT molecular complexity index is 1370. The lowest BCUT2D eigenvalue weighted by atomic mass is 9.90. The highest BCUT2D eigenvalue weighted by atomic mass is 19.4. The van der Waals surface area contributed by atoms with E-state index in [0.717, 1.165) is 4.90 Å². The first kappa shape index (κ1) is 26.0. The molecule has 196 valence electrons. The van der Waals surface area contributed by atoms with E-state index in [1.54, 1.807) is 6.07 Å². The molecule has 1 atom stereocenters. The topological polar surface area (TPSA) is 122 Å². The van der Waals surface area contributed by atoms with Gasteiger partial charge in [0.1, 0.15) is 16.8 Å². The van der Waals surface area contributed by atoms with Gasteiger partial charge in [0.25, 0.3) is 5.91 Å². The van der Waals surface area contributed by atoms with Gasteiger partial charge in [-0.2, -0.15) is 13.2 Å². The number of halogens is 3. The molecule has 12 heteroatoms. The Kier molecular flexibility index (Phi) is 6.85. The summed E-state index contributed by atoms with van der Waals surface area (Å²) in [6.45, 7) is 3.47. The fourth-order valence-corrected chi connectivity index (χ4v) is 4.34. The Hall–Kier alpha value is -4.09. The standard InChI is InChI=1S/C25H24F3N3O6/c1-3-6-16-18(10-9-17-19(16)30-37-20(17)25(26,27)28)36-12-5-11-31-22(34)24(2,29-23(31)35)15-8-4-7-14(13-15)21(32)33/h4,7-10,13H,3,5-6,11-12H2,1-2H3,(H,29,35)(H,32,33). The summed E-state index contributed by atoms with van der Waals surface area (Å²) in [6, 6.07) is 7.85. The van der Waals surface area contributed by atoms with Crippen molar-refractivity contribution in [2.45, 2.75) is 44.8 Å². The van der Waals surface area contributed by atoms with Gasteiger partial charge in [0.05, 0.1) is 17.6 Å². The van der Waals surface area contributed by atoms with Crippen LogP contribution in [0, 0.1) is 0 Å². The van der Waals surface area contributed by atoms with E-state index in [2.05, 4.69) is 15.0 Å². The second kappa shape index (κ2) is 9.75. The Morgan fingerprint density at radius 3 is 2.68 bits per heavy atom. The van der Waals surface area contributed by atoms with E-state index in [1.807, 2.05) is 6.92 Å². The average Bonchev–Trinajstić information content (AvgIpc) is 3.38. The van der Waals surface area contributed by atoms with Crippen LogP contribution < -0.4 is 10.1 Å². The molecule has 1 aliphatic rings. The number of urea groups is 1. The van der Waals surface area contributed by atoms with Crippen molar-refractivity contribution in [1.82, 2.24) is 15.4 Å². The summed E-state index contributed by atoms with van der Waals surface area (Å²) in [5.74, 6) is -2.50. The Labute approximate surface area is 209 Å². The Morgan fingerprint density at radius 1 is 1.24 bits per heavy atom. The minimum atomic E-state index is -4.67. The molecule has 0 saturated carbocycles. The van der Waals surface area contributed by atoms with Crippen molar-refractivity contribution >= 4 is 28.8 Å². The fourth-order valence-electron chi connectivity index (χ4n) is 4.34. The van der Waals surface area contributed by atoms with E-state index < -0.39 is 35.4 Å². The summed E-state index contributed by atoms with van der Waals surface area (Å²) >= 11 is 0. The Morgan fingerprint density at radius 2 is 2.00 bits per heavy atom. The SMILES string of the molecule is CCCc1c(OCCCN2C(=O)NC(C)(c3cccc(C(=O)O)c3)C2=O)ccc2c(C(F)(F)F)onc12. The number of alkyl halides is 3. The van der Waals surface area contributed by atoms with Crippen LogP contribution in [0.4, 0.5) is 18.0 Å². The molecular formula is C25H24F3N3O6. The number of hydrogen-bond donors (Lipinski definition) is 2. The van der Waals surface area contributed by atoms with Gasteiger partial charge in [-0.15, -0.1) is 0 Å². The number of aryl methyl sites for hydroxylation is 1. The van der Waals surface area contributed by atoms with Gasteiger partial charge in [-0.3, -0.25) is 9.69 Å². The quantitative estimate of drug-likeness (QED) is 0.310. The smallest absolute Gasteiger partial charge is 0.453 e. The largest absolute Gasteiger partial charge is 0.493 e. The zero-order valence-electron chi connectivity index (χ0n) is 20.0. The highest BCUT2D eigenvalue weighted by molar-refractivity contribution is 6.07. The molecule has 4 rings (SSSR count). The second-order valence-corrected chi connectivity index (χ2v) is 8.80. The van der Waals surface area contributed by atoms with E-state index in [-0.39, 0.29) is 36.0 Å². The molecule has 1 unspecified atom stereocenters. The number of carboxylic acid groups (broad SMARTS) is 1. The third-order valence-electron chi connectivity index (χ3n) is 6.22. The third kappa shape index (κ3) is 4.83. The van der Waals surface area contributed by atoms with Crippen molar-refractivity contribution in [2.75, 3.05) is 13.2 Å². The number of carboxylic acids is 1. The van der Waals surface area contributed by atoms with Crippen molar-refractivity contribution in [1.29, 1.82) is 0 Å². The molecule has 0 aliphatic carbocycles. The van der Waals surface area contributed by atoms with Crippen LogP contribution in [-0.2, 0) is 22.9 Å². The van der Waals surface area contributed by atoms with E-state index in [4.69, 9.17) is 4.74 Å². The maximum atomic E-state index is 13.2. The van der Waals surface area contributed by atoms with Gasteiger partial charge in [0, 0.05) is 12.1 Å². The second-order valence-electron chi connectivity index (χ2n) is 8.80. The fraction of sp³-hybridized carbons (Fsp3) is 0.360. The number of aromatic carboxylic acids is 1. The van der Waals surface area contributed by atoms with Crippen LogP contribution >= 0.6 is 0 Å². The first-order chi connectivity index (χ1) is 17.5. The van der Waals surface area contributed by atoms with Crippen molar-refractivity contribution < 1.29 is 41.9 Å². The molecule has 1 saturated heterocycles. The summed E-state index contributed by atoms with van der Waals surface area (Å²) in [5, 5.41) is 15.3. The highest BCUT2D eigenvalue weighted by Crippen LogP contribution is 2.38. The molecule has 3 aromatic rings. The van der Waals surface area contributed by atoms with Gasteiger partial charge < -0.3 is 19.7 Å². The summed E-state index contributed by atoms with van der Waals surface area (Å²) < 4.78 is 49.9. The third-order valence-corrected chi connectivity index (χ3v) is 6.22. The number of carbonyl (C=O) groups is 3. The molecule has 37 heavy (non-hydrogen) atoms. The minimum absolute atomic E-state index is 0.0121. The summed E-state index contributed by atoms with van der Waals surface area (Å²) in [5.41, 5.74) is -0.527. The lowest BCUT2D eigenvalue weighted by Gasteiger charge is -2.22. The van der Waals surface area contributed by atoms with Crippen LogP contribution in [0.3, 0.4) is 0 Å². The molecule has 1 aliphatic heterocycles. The lowest BCUT2D eigenvalue weighted by molar-refractivity contribution is -0.154. The van der Waals surface area contributed by atoms with Crippen molar-refractivity contribution in [3.05, 3.63) is 58.8 Å². The van der Waals surface area contributed by atoms with Crippen LogP contribution in [-0.4, -0.2) is 46.2 Å². The van der Waals surface area contributed by atoms with Crippen LogP contribution in [0.25, 0.3) is 10.9 Å². The maximum Gasteiger partial charge on any atom is 0.453 e. The number of nitrogens with zero attached hydrogens (tertiary/aromatic N) is 2. The van der Waals surface area contributed by atoms with Gasteiger partial charge in [0.2, 0.25) is 5.76 Å². The number of rotatable bonds is 9. The molecule has 0 radical (unpaired) electrons. The molecule has 2 N–H and O–H groups in total. The average molecular weight is 519 g/mol. The zero-order chi connectivity index (χ0) is 27.0. The summed E-state index contributed by atoms with van der Waals surface area (Å²) in [4.78, 5) is 38.0. The first-order valence-electron chi connectivity index (χ1n) is 11.6. The first-order valence-corrected chi connectivity index (χ1v) is 11.6. The zero-order valence-corrected chi connectivity index (χ0v) is 20.0. The molecule has 2 heterocycles. The van der Waals surface area contributed by atoms with Gasteiger partial charge in [-0.25, -0.2) is 9.59 Å². The van der Waals surface area contributed by atoms with Gasteiger partial charge in [0.15, 0.2) is 0 Å². The van der Waals surface area contributed by atoms with Crippen LogP contribution in [0.15, 0.2) is 40.9 Å². The number of fused-ring (bicyclic) bond motifs is 1. The molecular weight excluding hydrogens is 495 g/mol. The number of carbonyl (C=O) groups excluding carboxylic acids is 2. The normalized spacial score (nSPS) is 17.9. The van der Waals surface area contributed by atoms with E-state index in [0.29, 0.717) is 29.7 Å². The summed E-state index contributed by atoms with van der Waals surface area (Å²) in [6.07, 6.45) is -3.38. The van der Waals surface area contributed by atoms with E-state index in [1.165, 1.54) is 37.3 Å². The molecule has 0 spiro atoms. The molecule has 9 nitrogen and oxygen atoms in total. The van der Waals surface area contributed by atoms with E-state index in [9.17, 15) is 32.7 Å². The van der Waals surface area contributed by atoms with Crippen LogP contribution in [0.2, 0.25) is 0 Å². The van der Waals surface area contributed by atoms with Gasteiger partial charge in [-0.1, -0.05) is 30.6 Å². The number of imide groups is 1.